The highest BCUT2D eigenvalue weighted by Gasteiger charge is 2.26. The quantitative estimate of drug-likeness (QED) is 0.465. The number of carbonyl (C=O) groups is 2. The number of piperidine rings is 1. The molecule has 2 amide bonds. The van der Waals surface area contributed by atoms with E-state index in [-0.39, 0.29) is 22.9 Å². The third-order valence-corrected chi connectivity index (χ3v) is 8.09. The minimum atomic E-state index is -3.56. The van der Waals surface area contributed by atoms with Crippen LogP contribution in [0, 0.1) is 0 Å². The topological polar surface area (TPSA) is 113 Å². The number of carbonyl (C=O) groups excluding carboxylic acids is 2. The number of para-hydroxylation sites is 2. The fourth-order valence-electron chi connectivity index (χ4n) is 4.24. The number of rotatable bonds is 8. The first kappa shape index (κ1) is 24.9. The van der Waals surface area contributed by atoms with Crippen LogP contribution < -0.4 is 10.9 Å². The van der Waals surface area contributed by atoms with Gasteiger partial charge in [0, 0.05) is 25.1 Å². The van der Waals surface area contributed by atoms with E-state index in [0.29, 0.717) is 13.1 Å². The summed E-state index contributed by atoms with van der Waals surface area (Å²) in [6, 6.07) is 13.4. The van der Waals surface area contributed by atoms with E-state index in [9.17, 15) is 18.0 Å². The van der Waals surface area contributed by atoms with Crippen LogP contribution in [-0.4, -0.2) is 47.2 Å². The third kappa shape index (κ3) is 5.71. The summed E-state index contributed by atoms with van der Waals surface area (Å²) in [6.07, 6.45) is 5.49. The molecule has 186 valence electrons. The molecule has 9 nitrogen and oxygen atoms in total. The number of hydrazine groups is 1. The Bertz CT molecular complexity index is 1300. The highest BCUT2D eigenvalue weighted by Crippen LogP contribution is 2.21. The lowest BCUT2D eigenvalue weighted by atomic mass is 10.2. The van der Waals surface area contributed by atoms with Crippen LogP contribution in [-0.2, 0) is 27.8 Å². The minimum Gasteiger partial charge on any atom is -0.318 e. The summed E-state index contributed by atoms with van der Waals surface area (Å²) < 4.78 is 28.9. The second-order valence-corrected chi connectivity index (χ2v) is 10.6. The van der Waals surface area contributed by atoms with Crippen LogP contribution in [0.2, 0.25) is 0 Å². The number of fused-ring (bicyclic) bond motifs is 1. The van der Waals surface area contributed by atoms with Crippen LogP contribution in [0.4, 0.5) is 0 Å². The van der Waals surface area contributed by atoms with Crippen molar-refractivity contribution in [3.63, 3.8) is 0 Å². The number of nitrogens with zero attached hydrogens (tertiary/aromatic N) is 3. The van der Waals surface area contributed by atoms with Crippen LogP contribution in [0.25, 0.3) is 11.0 Å². The molecule has 1 aliphatic heterocycles. The molecule has 10 heteroatoms. The molecule has 0 bridgehead atoms. The van der Waals surface area contributed by atoms with Crippen LogP contribution in [0.1, 0.15) is 55.2 Å². The zero-order chi connectivity index (χ0) is 24.8. The molecule has 1 aliphatic rings. The van der Waals surface area contributed by atoms with Gasteiger partial charge in [0.25, 0.3) is 11.8 Å². The molecule has 0 spiro atoms. The van der Waals surface area contributed by atoms with Crippen molar-refractivity contribution < 1.29 is 18.0 Å². The normalized spacial score (nSPS) is 14.7. The van der Waals surface area contributed by atoms with Gasteiger partial charge in [0.2, 0.25) is 10.0 Å². The monoisotopic (exact) mass is 497 g/mol. The highest BCUT2D eigenvalue weighted by molar-refractivity contribution is 7.89. The van der Waals surface area contributed by atoms with E-state index < -0.39 is 15.9 Å². The SMILES string of the molecule is CCCCc1nc2ccccc2n1CC(=O)NNC(=O)c1ccc(S(=O)(=O)N2CCCCC2)cc1. The lowest BCUT2D eigenvalue weighted by Gasteiger charge is -2.25. The molecule has 2 aromatic carbocycles. The summed E-state index contributed by atoms with van der Waals surface area (Å²) in [5.74, 6) is -0.0782. The van der Waals surface area contributed by atoms with Gasteiger partial charge in [0.1, 0.15) is 12.4 Å². The van der Waals surface area contributed by atoms with E-state index in [1.54, 1.807) is 0 Å². The van der Waals surface area contributed by atoms with Crippen molar-refractivity contribution in [1.82, 2.24) is 24.7 Å². The molecule has 1 aromatic heterocycles. The molecular formula is C25H31N5O4S. The van der Waals surface area contributed by atoms with E-state index in [1.807, 2.05) is 28.8 Å². The second kappa shape index (κ2) is 11.0. The summed E-state index contributed by atoms with van der Waals surface area (Å²) in [5.41, 5.74) is 6.81. The van der Waals surface area contributed by atoms with Gasteiger partial charge in [-0.25, -0.2) is 13.4 Å². The number of amides is 2. The lowest BCUT2D eigenvalue weighted by molar-refractivity contribution is -0.122. The number of imidazole rings is 1. The number of aromatic nitrogens is 2. The fraction of sp³-hybridized carbons (Fsp3) is 0.400. The second-order valence-electron chi connectivity index (χ2n) is 8.70. The van der Waals surface area contributed by atoms with Gasteiger partial charge in [-0.1, -0.05) is 31.9 Å². The Morgan fingerprint density at radius 3 is 2.40 bits per heavy atom. The van der Waals surface area contributed by atoms with Crippen molar-refractivity contribution >= 4 is 32.9 Å². The molecule has 0 saturated carbocycles. The lowest BCUT2D eigenvalue weighted by Crippen LogP contribution is -2.43. The molecule has 0 radical (unpaired) electrons. The minimum absolute atomic E-state index is 0.0207. The first-order chi connectivity index (χ1) is 16.9. The Kier molecular flexibility index (Phi) is 7.82. The van der Waals surface area contributed by atoms with Gasteiger partial charge >= 0.3 is 0 Å². The average molecular weight is 498 g/mol. The Hall–Kier alpha value is -3.24. The zero-order valence-corrected chi connectivity index (χ0v) is 20.7. The molecule has 4 rings (SSSR count). The van der Waals surface area contributed by atoms with Crippen LogP contribution in [0.3, 0.4) is 0 Å². The summed E-state index contributed by atoms with van der Waals surface area (Å²) >= 11 is 0. The number of benzene rings is 2. The van der Waals surface area contributed by atoms with E-state index in [4.69, 9.17) is 0 Å². The van der Waals surface area contributed by atoms with Crippen molar-refractivity contribution in [2.24, 2.45) is 0 Å². The molecule has 1 fully saturated rings. The number of unbranched alkanes of at least 4 members (excludes halogenated alkanes) is 1. The summed E-state index contributed by atoms with van der Waals surface area (Å²) in [5, 5.41) is 0. The van der Waals surface area contributed by atoms with Crippen molar-refractivity contribution in [2.45, 2.75) is 56.9 Å². The predicted octanol–water partition coefficient (Wildman–Crippen LogP) is 3.01. The number of sulfonamides is 1. The van der Waals surface area contributed by atoms with Gasteiger partial charge in [-0.3, -0.25) is 20.4 Å². The molecule has 2 heterocycles. The maximum absolute atomic E-state index is 12.8. The Labute approximate surface area is 205 Å². The molecule has 0 atom stereocenters. The predicted molar refractivity (Wildman–Crippen MR) is 133 cm³/mol. The maximum Gasteiger partial charge on any atom is 0.269 e. The molecule has 35 heavy (non-hydrogen) atoms. The standard InChI is InChI=1S/C25H31N5O4S/c1-2-3-11-23-26-21-9-5-6-10-22(21)30(23)18-24(31)27-28-25(32)19-12-14-20(15-13-19)35(33,34)29-16-7-4-8-17-29/h5-6,9-10,12-15H,2-4,7-8,11,16-18H2,1H3,(H,27,31)(H,28,32). The van der Waals surface area contributed by atoms with Crippen molar-refractivity contribution in [2.75, 3.05) is 13.1 Å². The Morgan fingerprint density at radius 1 is 0.971 bits per heavy atom. The zero-order valence-electron chi connectivity index (χ0n) is 19.9. The van der Waals surface area contributed by atoms with Crippen molar-refractivity contribution in [3.8, 4) is 0 Å². The highest BCUT2D eigenvalue weighted by atomic mass is 32.2. The van der Waals surface area contributed by atoms with Crippen molar-refractivity contribution in [1.29, 1.82) is 0 Å². The molecule has 0 aliphatic carbocycles. The van der Waals surface area contributed by atoms with Crippen LogP contribution >= 0.6 is 0 Å². The smallest absolute Gasteiger partial charge is 0.269 e. The fourth-order valence-corrected chi connectivity index (χ4v) is 5.76. The van der Waals surface area contributed by atoms with Gasteiger partial charge in [-0.2, -0.15) is 4.31 Å². The van der Waals surface area contributed by atoms with E-state index in [2.05, 4.69) is 22.8 Å². The van der Waals surface area contributed by atoms with Crippen LogP contribution in [0.15, 0.2) is 53.4 Å². The number of aryl methyl sites for hydroxylation is 1. The van der Waals surface area contributed by atoms with Gasteiger partial charge in [-0.15, -0.1) is 0 Å². The van der Waals surface area contributed by atoms with Gasteiger partial charge in [0.15, 0.2) is 0 Å². The molecular weight excluding hydrogens is 466 g/mol. The van der Waals surface area contributed by atoms with Gasteiger partial charge in [0.05, 0.1) is 15.9 Å². The first-order valence-electron chi connectivity index (χ1n) is 12.0. The molecule has 1 saturated heterocycles. The van der Waals surface area contributed by atoms with E-state index >= 15 is 0 Å². The third-order valence-electron chi connectivity index (χ3n) is 6.17. The molecule has 3 aromatic rings. The summed E-state index contributed by atoms with van der Waals surface area (Å²) in [4.78, 5) is 30.0. The summed E-state index contributed by atoms with van der Waals surface area (Å²) in [7, 11) is -3.56. The number of hydrogen-bond acceptors (Lipinski definition) is 5. The van der Waals surface area contributed by atoms with Gasteiger partial charge < -0.3 is 4.57 Å². The average Bonchev–Trinajstić information content (AvgIpc) is 3.23. The van der Waals surface area contributed by atoms with E-state index in [1.165, 1.54) is 28.6 Å². The number of hydrogen-bond donors (Lipinski definition) is 2. The largest absolute Gasteiger partial charge is 0.318 e. The van der Waals surface area contributed by atoms with E-state index in [0.717, 1.165) is 55.4 Å². The Balaban J connectivity index is 1.38. The summed E-state index contributed by atoms with van der Waals surface area (Å²) in [6.45, 7) is 3.16. The number of nitrogens with one attached hydrogen (secondary N) is 2. The first-order valence-corrected chi connectivity index (χ1v) is 13.5. The molecule has 2 N–H and O–H groups in total. The van der Waals surface area contributed by atoms with Crippen LogP contribution in [0.5, 0.6) is 0 Å². The molecule has 0 unspecified atom stereocenters. The maximum atomic E-state index is 12.8. The Morgan fingerprint density at radius 2 is 1.69 bits per heavy atom. The van der Waals surface area contributed by atoms with Gasteiger partial charge in [-0.05, 0) is 55.7 Å². The van der Waals surface area contributed by atoms with Crippen molar-refractivity contribution in [3.05, 3.63) is 59.9 Å².